The lowest BCUT2D eigenvalue weighted by atomic mass is 10.1. The Bertz CT molecular complexity index is 750. The number of rotatable bonds is 6. The Balaban J connectivity index is 1.57. The Morgan fingerprint density at radius 2 is 2.12 bits per heavy atom. The van der Waals surface area contributed by atoms with E-state index in [9.17, 15) is 4.79 Å². The van der Waals surface area contributed by atoms with Gasteiger partial charge in [0, 0.05) is 35.6 Å². The molecule has 2 aromatic rings. The van der Waals surface area contributed by atoms with E-state index in [0.29, 0.717) is 11.4 Å². The average Bonchev–Trinajstić information content (AvgIpc) is 3.06. The summed E-state index contributed by atoms with van der Waals surface area (Å²) in [5.41, 5.74) is 3.47. The summed E-state index contributed by atoms with van der Waals surface area (Å²) < 4.78 is 0. The molecule has 1 saturated carbocycles. The van der Waals surface area contributed by atoms with Crippen molar-refractivity contribution in [2.45, 2.75) is 37.1 Å². The highest BCUT2D eigenvalue weighted by atomic mass is 35.5. The van der Waals surface area contributed by atoms with Crippen LogP contribution in [-0.2, 0) is 11.4 Å². The van der Waals surface area contributed by atoms with Crippen molar-refractivity contribution in [3.8, 4) is 0 Å². The predicted octanol–water partition coefficient (Wildman–Crippen LogP) is 4.40. The van der Waals surface area contributed by atoms with E-state index in [2.05, 4.69) is 15.6 Å². The summed E-state index contributed by atoms with van der Waals surface area (Å²) in [6.07, 6.45) is 5.50. The second kappa shape index (κ2) is 6.37. The predicted molar refractivity (Wildman–Crippen MR) is 99.5 cm³/mol. The molecule has 1 saturated heterocycles. The van der Waals surface area contributed by atoms with Gasteiger partial charge in [0.15, 0.2) is 11.4 Å². The highest BCUT2D eigenvalue weighted by Gasteiger charge is 2.47. The fourth-order valence-electron chi connectivity index (χ4n) is 3.27. The number of anilines is 2. The van der Waals surface area contributed by atoms with Gasteiger partial charge in [-0.15, -0.1) is 22.9 Å². The zero-order valence-electron chi connectivity index (χ0n) is 13.4. The molecule has 1 aliphatic heterocycles. The van der Waals surface area contributed by atoms with Crippen LogP contribution in [0.2, 0.25) is 0 Å². The molecule has 2 fully saturated rings. The third kappa shape index (κ3) is 2.91. The van der Waals surface area contributed by atoms with Crippen LogP contribution in [0.3, 0.4) is 0 Å². The molecule has 4 rings (SSSR count). The van der Waals surface area contributed by atoms with E-state index in [1.54, 1.807) is 11.3 Å². The SMILES string of the molecule is O=Cc1cc(CCl)ccc1NC1(c2csc(N3CCCC3)n2)CC1. The average molecular weight is 362 g/mol. The summed E-state index contributed by atoms with van der Waals surface area (Å²) in [5, 5.41) is 6.87. The van der Waals surface area contributed by atoms with Gasteiger partial charge in [0.1, 0.15) is 0 Å². The maximum Gasteiger partial charge on any atom is 0.185 e. The lowest BCUT2D eigenvalue weighted by molar-refractivity contribution is 0.112. The Morgan fingerprint density at radius 1 is 1.33 bits per heavy atom. The summed E-state index contributed by atoms with van der Waals surface area (Å²) >= 11 is 7.59. The number of alkyl halides is 1. The van der Waals surface area contributed by atoms with Gasteiger partial charge in [-0.25, -0.2) is 4.98 Å². The fourth-order valence-corrected chi connectivity index (χ4v) is 4.42. The first kappa shape index (κ1) is 15.9. The number of carbonyl (C=O) groups is 1. The van der Waals surface area contributed by atoms with E-state index in [-0.39, 0.29) is 5.54 Å². The van der Waals surface area contributed by atoms with Crippen molar-refractivity contribution in [3.05, 3.63) is 40.4 Å². The van der Waals surface area contributed by atoms with Crippen LogP contribution in [0.5, 0.6) is 0 Å². The van der Waals surface area contributed by atoms with Crippen LogP contribution >= 0.6 is 22.9 Å². The van der Waals surface area contributed by atoms with Crippen LogP contribution in [0.15, 0.2) is 23.6 Å². The molecule has 2 heterocycles. The molecule has 1 N–H and O–H groups in total. The van der Waals surface area contributed by atoms with Gasteiger partial charge < -0.3 is 10.2 Å². The molecule has 0 unspecified atom stereocenters. The minimum absolute atomic E-state index is 0.116. The van der Waals surface area contributed by atoms with Crippen molar-refractivity contribution < 1.29 is 4.79 Å². The van der Waals surface area contributed by atoms with E-state index >= 15 is 0 Å². The molecule has 0 amide bonds. The lowest BCUT2D eigenvalue weighted by Gasteiger charge is -2.19. The van der Waals surface area contributed by atoms with Crippen molar-refractivity contribution in [2.24, 2.45) is 0 Å². The molecule has 126 valence electrons. The first-order valence-corrected chi connectivity index (χ1v) is 9.79. The summed E-state index contributed by atoms with van der Waals surface area (Å²) in [6.45, 7) is 2.23. The van der Waals surface area contributed by atoms with E-state index in [1.165, 1.54) is 12.8 Å². The molecule has 0 atom stereocenters. The lowest BCUT2D eigenvalue weighted by Crippen LogP contribution is -2.21. The van der Waals surface area contributed by atoms with E-state index < -0.39 is 0 Å². The molecule has 2 aliphatic rings. The second-order valence-corrected chi connectivity index (χ2v) is 7.69. The normalized spacial score (nSPS) is 18.6. The van der Waals surface area contributed by atoms with Gasteiger partial charge in [-0.05, 0) is 43.4 Å². The van der Waals surface area contributed by atoms with Crippen LogP contribution in [0, 0.1) is 0 Å². The summed E-state index contributed by atoms with van der Waals surface area (Å²) in [4.78, 5) is 18.7. The molecule has 1 aromatic heterocycles. The van der Waals surface area contributed by atoms with Crippen LogP contribution in [0.4, 0.5) is 10.8 Å². The Labute approximate surface area is 150 Å². The van der Waals surface area contributed by atoms with Crippen LogP contribution in [0.25, 0.3) is 0 Å². The highest BCUT2D eigenvalue weighted by molar-refractivity contribution is 7.13. The smallest absolute Gasteiger partial charge is 0.185 e. The third-order valence-electron chi connectivity index (χ3n) is 4.88. The number of aldehydes is 1. The molecular weight excluding hydrogens is 342 g/mol. The first-order valence-electron chi connectivity index (χ1n) is 8.37. The van der Waals surface area contributed by atoms with E-state index in [0.717, 1.165) is 54.3 Å². The molecule has 24 heavy (non-hydrogen) atoms. The Morgan fingerprint density at radius 3 is 2.79 bits per heavy atom. The van der Waals surface area contributed by atoms with Crippen LogP contribution in [-0.4, -0.2) is 24.4 Å². The molecule has 0 bridgehead atoms. The summed E-state index contributed by atoms with van der Waals surface area (Å²) in [5.74, 6) is 0.414. The molecule has 0 radical (unpaired) electrons. The minimum Gasteiger partial charge on any atom is -0.373 e. The molecule has 1 aromatic carbocycles. The van der Waals surface area contributed by atoms with Gasteiger partial charge in [0.25, 0.3) is 0 Å². The van der Waals surface area contributed by atoms with Gasteiger partial charge in [-0.3, -0.25) is 4.79 Å². The molecule has 6 heteroatoms. The third-order valence-corrected chi connectivity index (χ3v) is 6.09. The monoisotopic (exact) mass is 361 g/mol. The van der Waals surface area contributed by atoms with Crippen molar-refractivity contribution in [1.82, 2.24) is 4.98 Å². The van der Waals surface area contributed by atoms with Gasteiger partial charge in [0.2, 0.25) is 0 Å². The maximum absolute atomic E-state index is 11.4. The summed E-state index contributed by atoms with van der Waals surface area (Å²) in [6, 6.07) is 5.78. The Hall–Kier alpha value is -1.59. The fraction of sp³-hybridized carbons (Fsp3) is 0.444. The number of carbonyl (C=O) groups excluding carboxylic acids is 1. The Kier molecular flexibility index (Phi) is 4.22. The number of nitrogens with zero attached hydrogens (tertiary/aromatic N) is 2. The van der Waals surface area contributed by atoms with Gasteiger partial charge in [-0.2, -0.15) is 0 Å². The number of benzene rings is 1. The second-order valence-electron chi connectivity index (χ2n) is 6.59. The largest absolute Gasteiger partial charge is 0.373 e. The highest BCUT2D eigenvalue weighted by Crippen LogP contribution is 2.49. The zero-order valence-corrected chi connectivity index (χ0v) is 15.0. The van der Waals surface area contributed by atoms with Crippen molar-refractivity contribution >= 4 is 40.0 Å². The number of thiazole rings is 1. The molecule has 4 nitrogen and oxygen atoms in total. The number of hydrogen-bond acceptors (Lipinski definition) is 5. The zero-order chi connectivity index (χ0) is 16.6. The molecular formula is C18H20ClN3OS. The standard InChI is InChI=1S/C18H20ClN3OS/c19-10-13-3-4-15(14(9-13)11-23)21-18(5-6-18)16-12-24-17(20-16)22-7-1-2-8-22/h3-4,9,11-12,21H,1-2,5-8,10H2. The van der Waals surface area contributed by atoms with Crippen molar-refractivity contribution in [2.75, 3.05) is 23.3 Å². The molecule has 0 spiro atoms. The quantitative estimate of drug-likeness (QED) is 0.612. The number of halogens is 1. The van der Waals surface area contributed by atoms with E-state index in [4.69, 9.17) is 16.6 Å². The first-order chi connectivity index (χ1) is 11.7. The molecule has 1 aliphatic carbocycles. The topological polar surface area (TPSA) is 45.2 Å². The number of aromatic nitrogens is 1. The van der Waals surface area contributed by atoms with Gasteiger partial charge >= 0.3 is 0 Å². The summed E-state index contributed by atoms with van der Waals surface area (Å²) in [7, 11) is 0. The van der Waals surface area contributed by atoms with Gasteiger partial charge in [0.05, 0.1) is 11.2 Å². The number of nitrogens with one attached hydrogen (secondary N) is 1. The van der Waals surface area contributed by atoms with Gasteiger partial charge in [-0.1, -0.05) is 6.07 Å². The minimum atomic E-state index is -0.116. The maximum atomic E-state index is 11.4. The van der Waals surface area contributed by atoms with Crippen molar-refractivity contribution in [3.63, 3.8) is 0 Å². The van der Waals surface area contributed by atoms with Crippen LogP contribution < -0.4 is 10.2 Å². The van der Waals surface area contributed by atoms with Crippen molar-refractivity contribution in [1.29, 1.82) is 0 Å². The van der Waals surface area contributed by atoms with E-state index in [1.807, 2.05) is 18.2 Å². The van der Waals surface area contributed by atoms with Crippen LogP contribution in [0.1, 0.15) is 47.3 Å². The number of hydrogen-bond donors (Lipinski definition) is 1.